The van der Waals surface area contributed by atoms with Crippen LogP contribution in [-0.4, -0.2) is 100 Å². The van der Waals surface area contributed by atoms with Crippen molar-refractivity contribution < 1.29 is 43.2 Å². The first-order chi connectivity index (χ1) is 15.6. The molecular formula is C24H28NaO9. The summed E-state index contributed by atoms with van der Waals surface area (Å²) in [5.41, 5.74) is -0.569. The predicted octanol–water partition coefficient (Wildman–Crippen LogP) is 1.14. The number of carboxylic acid groups (broad SMARTS) is 1. The average molecular weight is 483 g/mol. The maximum absolute atomic E-state index is 12.7. The third-order valence-electron chi connectivity index (χ3n) is 9.86. The second kappa shape index (κ2) is 6.86. The Balaban J connectivity index is 0.00000217. The molecule has 0 bridgehead atoms. The zero-order valence-corrected chi connectivity index (χ0v) is 21.9. The Bertz CT molecular complexity index is 1060. The van der Waals surface area contributed by atoms with Gasteiger partial charge in [0.05, 0.1) is 18.9 Å². The van der Waals surface area contributed by atoms with Crippen LogP contribution in [0, 0.1) is 17.3 Å². The van der Waals surface area contributed by atoms with Gasteiger partial charge in [-0.05, 0) is 36.7 Å². The molecule has 10 heteroatoms. The van der Waals surface area contributed by atoms with E-state index < -0.39 is 34.8 Å². The summed E-state index contributed by atoms with van der Waals surface area (Å²) >= 11 is 0. The molecule has 9 atom stereocenters. The van der Waals surface area contributed by atoms with E-state index in [1.54, 1.807) is 0 Å². The third-order valence-corrected chi connectivity index (χ3v) is 9.86. The number of carboxylic acids is 1. The maximum atomic E-state index is 12.7. The Kier molecular flexibility index (Phi) is 4.73. The van der Waals surface area contributed by atoms with Gasteiger partial charge in [-0.25, -0.2) is 4.79 Å². The van der Waals surface area contributed by atoms with Crippen molar-refractivity contribution in [2.24, 2.45) is 17.3 Å². The van der Waals surface area contributed by atoms with Gasteiger partial charge in [0, 0.05) is 40.5 Å². The summed E-state index contributed by atoms with van der Waals surface area (Å²) in [5, 5.41) is 9.00. The van der Waals surface area contributed by atoms with Crippen molar-refractivity contribution in [3.05, 3.63) is 11.1 Å². The number of rotatable bonds is 5. The molecule has 9 nitrogen and oxygen atoms in total. The summed E-state index contributed by atoms with van der Waals surface area (Å²) in [7, 11) is 0. The summed E-state index contributed by atoms with van der Waals surface area (Å²) in [5.74, 6) is -1.63. The van der Waals surface area contributed by atoms with Gasteiger partial charge in [0.2, 0.25) is 0 Å². The summed E-state index contributed by atoms with van der Waals surface area (Å²) in [6.07, 6.45) is 0.464. The normalized spacial score (nSPS) is 50.4. The fourth-order valence-electron chi connectivity index (χ4n) is 8.24. The molecule has 0 aromatic heterocycles. The van der Waals surface area contributed by atoms with E-state index in [1.165, 1.54) is 0 Å². The van der Waals surface area contributed by atoms with Crippen molar-refractivity contribution in [1.82, 2.24) is 0 Å². The Morgan fingerprint density at radius 2 is 1.94 bits per heavy atom. The average Bonchev–Trinajstić information content (AvgIpc) is 3.65. The number of aliphatic carboxylic acids is 1. The monoisotopic (exact) mass is 483 g/mol. The van der Waals surface area contributed by atoms with E-state index in [2.05, 4.69) is 6.92 Å². The Morgan fingerprint density at radius 1 is 1.18 bits per heavy atom. The Morgan fingerprint density at radius 3 is 2.65 bits per heavy atom. The van der Waals surface area contributed by atoms with E-state index in [0.29, 0.717) is 19.4 Å². The summed E-state index contributed by atoms with van der Waals surface area (Å²) < 4.78 is 30.9. The first-order valence-electron chi connectivity index (χ1n) is 12.0. The second-order valence-corrected chi connectivity index (χ2v) is 11.3. The fraction of sp³-hybridized carbons (Fsp3) is 0.792. The van der Waals surface area contributed by atoms with Crippen molar-refractivity contribution in [1.29, 1.82) is 0 Å². The Hall–Kier alpha value is -0.970. The van der Waals surface area contributed by atoms with Gasteiger partial charge >= 0.3 is 17.9 Å². The van der Waals surface area contributed by atoms with Crippen LogP contribution in [0.25, 0.3) is 0 Å². The van der Waals surface area contributed by atoms with Crippen LogP contribution in [-0.2, 0) is 38.1 Å². The molecule has 0 amide bonds. The fourth-order valence-corrected chi connectivity index (χ4v) is 8.24. The van der Waals surface area contributed by atoms with E-state index >= 15 is 0 Å². The number of hydrogen-bond donors (Lipinski definition) is 1. The van der Waals surface area contributed by atoms with Crippen LogP contribution in [0.3, 0.4) is 0 Å². The van der Waals surface area contributed by atoms with Gasteiger partial charge in [-0.15, -0.1) is 0 Å². The van der Waals surface area contributed by atoms with Gasteiger partial charge in [0.15, 0.2) is 11.7 Å². The molecule has 7 rings (SSSR count). The first-order valence-corrected chi connectivity index (χ1v) is 12.0. The van der Waals surface area contributed by atoms with Gasteiger partial charge < -0.3 is 28.8 Å². The standard InChI is InChI=1S/C24H28O9.Na/c1-10(2)22-17(32-22)18-24(33-18)21(3)7-6-11-12(9-29-19(11)28)13(21)8-14-23(24,31-14)20(22)30-16(27)5-4-15(25)26;/h10,13-14,17-18,20H,4-9H2,1-3H3,(H,25,26);/t13-,14-,17-,18-,20+,21-,22?,23+,24+;/m0./s1. The molecule has 4 heterocycles. The maximum Gasteiger partial charge on any atom is 0.334 e. The number of cyclic esters (lactones) is 1. The number of esters is 2. The molecule has 1 N–H and O–H groups in total. The van der Waals surface area contributed by atoms with Crippen LogP contribution >= 0.6 is 0 Å². The van der Waals surface area contributed by atoms with Crippen LogP contribution in [0.4, 0.5) is 0 Å². The van der Waals surface area contributed by atoms with Crippen molar-refractivity contribution in [3.8, 4) is 0 Å². The van der Waals surface area contributed by atoms with Crippen LogP contribution in [0.5, 0.6) is 0 Å². The second-order valence-electron chi connectivity index (χ2n) is 11.3. The smallest absolute Gasteiger partial charge is 0.334 e. The molecular weight excluding hydrogens is 455 g/mol. The summed E-state index contributed by atoms with van der Waals surface area (Å²) in [6.45, 7) is 6.65. The minimum absolute atomic E-state index is 0. The molecule has 7 aliphatic rings. The minimum atomic E-state index is -1.04. The number of epoxide rings is 3. The molecule has 2 saturated carbocycles. The molecule has 34 heavy (non-hydrogen) atoms. The molecule has 4 aliphatic heterocycles. The number of carbonyl (C=O) groups excluding carboxylic acids is 2. The van der Waals surface area contributed by atoms with Crippen molar-refractivity contribution in [2.45, 2.75) is 94.1 Å². The van der Waals surface area contributed by atoms with E-state index in [9.17, 15) is 14.4 Å². The van der Waals surface area contributed by atoms with Gasteiger partial charge in [-0.3, -0.25) is 9.59 Å². The Labute approximate surface area is 219 Å². The summed E-state index contributed by atoms with van der Waals surface area (Å²) in [6, 6.07) is 0. The molecule has 179 valence electrons. The zero-order valence-electron chi connectivity index (χ0n) is 19.9. The number of ether oxygens (including phenoxy) is 5. The molecule has 1 radical (unpaired) electrons. The molecule has 2 spiro atoms. The van der Waals surface area contributed by atoms with E-state index in [-0.39, 0.29) is 83.9 Å². The van der Waals surface area contributed by atoms with Gasteiger partial charge in [-0.1, -0.05) is 20.8 Å². The molecule has 0 aromatic carbocycles. The van der Waals surface area contributed by atoms with Crippen molar-refractivity contribution in [3.63, 3.8) is 0 Å². The van der Waals surface area contributed by atoms with Crippen LogP contribution in [0.2, 0.25) is 0 Å². The predicted molar refractivity (Wildman–Crippen MR) is 114 cm³/mol. The quantitative estimate of drug-likeness (QED) is 0.348. The topological polar surface area (TPSA) is 127 Å². The SMILES string of the molecule is CC(C)C12O[C@H]1[C@@H]1O[C@]13[C@]1(O[C@H]1C[C@H]1C4=C(CC[C@@]13C)C(=O)OC4)[C@@H]2OC(=O)CCC(=O)O.[Na]. The van der Waals surface area contributed by atoms with Crippen molar-refractivity contribution in [2.75, 3.05) is 6.61 Å². The van der Waals surface area contributed by atoms with Crippen LogP contribution in [0.1, 0.15) is 52.9 Å². The summed E-state index contributed by atoms with van der Waals surface area (Å²) in [4.78, 5) is 36.0. The van der Waals surface area contributed by atoms with Gasteiger partial charge in [-0.2, -0.15) is 0 Å². The first kappa shape index (κ1) is 23.4. The zero-order chi connectivity index (χ0) is 23.1. The van der Waals surface area contributed by atoms with Gasteiger partial charge in [0.1, 0.15) is 30.0 Å². The molecule has 5 fully saturated rings. The third kappa shape index (κ3) is 2.40. The van der Waals surface area contributed by atoms with E-state index in [0.717, 1.165) is 17.6 Å². The van der Waals surface area contributed by atoms with E-state index in [1.807, 2.05) is 13.8 Å². The number of hydrogen-bond acceptors (Lipinski definition) is 8. The number of carbonyl (C=O) groups is 3. The molecule has 0 aromatic rings. The van der Waals surface area contributed by atoms with Crippen LogP contribution in [0.15, 0.2) is 11.1 Å². The van der Waals surface area contributed by atoms with E-state index in [4.69, 9.17) is 28.8 Å². The minimum Gasteiger partial charge on any atom is -0.481 e. The number of fused-ring (bicyclic) bond motifs is 4. The largest absolute Gasteiger partial charge is 0.481 e. The molecule has 3 aliphatic carbocycles. The van der Waals surface area contributed by atoms with Crippen LogP contribution < -0.4 is 0 Å². The molecule has 3 saturated heterocycles. The molecule has 1 unspecified atom stereocenters. The van der Waals surface area contributed by atoms with Gasteiger partial charge in [0.25, 0.3) is 0 Å². The van der Waals surface area contributed by atoms with Crippen molar-refractivity contribution >= 4 is 47.5 Å².